The summed E-state index contributed by atoms with van der Waals surface area (Å²) in [6.07, 6.45) is 1.37. The molecule has 42 heavy (non-hydrogen) atoms. The summed E-state index contributed by atoms with van der Waals surface area (Å²) < 4.78 is 17.0. The molecule has 0 bridgehead atoms. The number of methoxy groups -OCH3 is 1. The first-order chi connectivity index (χ1) is 20.2. The molecule has 212 valence electrons. The quantitative estimate of drug-likeness (QED) is 0.0809. The van der Waals surface area contributed by atoms with Crippen LogP contribution in [-0.2, 0) is 18.0 Å². The minimum absolute atomic E-state index is 0.00372. The van der Waals surface area contributed by atoms with E-state index in [0.717, 1.165) is 5.56 Å². The highest BCUT2D eigenvalue weighted by molar-refractivity contribution is 6.32. The highest BCUT2D eigenvalue weighted by Crippen LogP contribution is 2.37. The summed E-state index contributed by atoms with van der Waals surface area (Å²) in [5.74, 6) is 0.456. The largest absolute Gasteiger partial charge is 0.493 e. The van der Waals surface area contributed by atoms with Gasteiger partial charge in [-0.1, -0.05) is 47.5 Å². The van der Waals surface area contributed by atoms with E-state index in [9.17, 15) is 20.2 Å². The van der Waals surface area contributed by atoms with Crippen molar-refractivity contribution in [2.24, 2.45) is 0 Å². The predicted molar refractivity (Wildman–Crippen MR) is 160 cm³/mol. The Kier molecular flexibility index (Phi) is 10.0. The van der Waals surface area contributed by atoms with Crippen LogP contribution < -0.4 is 19.5 Å². The van der Waals surface area contributed by atoms with Gasteiger partial charge in [-0.05, 0) is 71.3 Å². The lowest BCUT2D eigenvalue weighted by atomic mass is 10.1. The van der Waals surface area contributed by atoms with Crippen molar-refractivity contribution in [2.75, 3.05) is 12.4 Å². The molecule has 11 heteroatoms. The van der Waals surface area contributed by atoms with Crippen molar-refractivity contribution < 1.29 is 23.9 Å². The monoisotopic (exact) mass is 603 g/mol. The van der Waals surface area contributed by atoms with E-state index in [2.05, 4.69) is 5.32 Å². The van der Waals surface area contributed by atoms with E-state index in [-0.39, 0.29) is 34.4 Å². The molecule has 0 saturated heterocycles. The minimum atomic E-state index is -0.617. The summed E-state index contributed by atoms with van der Waals surface area (Å²) >= 11 is 12.3. The lowest BCUT2D eigenvalue weighted by molar-refractivity contribution is -0.384. The molecule has 1 N–H and O–H groups in total. The first kappa shape index (κ1) is 29.9. The molecule has 4 aromatic carbocycles. The van der Waals surface area contributed by atoms with Crippen molar-refractivity contribution in [2.45, 2.75) is 13.2 Å². The smallest absolute Gasteiger partial charge is 0.269 e. The number of nitrogens with zero attached hydrogens (tertiary/aromatic N) is 2. The maximum atomic E-state index is 12.8. The number of rotatable bonds is 11. The average molecular weight is 604 g/mol. The summed E-state index contributed by atoms with van der Waals surface area (Å²) in [7, 11) is 1.42. The van der Waals surface area contributed by atoms with Crippen LogP contribution in [0.1, 0.15) is 16.7 Å². The Bertz CT molecular complexity index is 1670. The Hall–Kier alpha value is -5.04. The van der Waals surface area contributed by atoms with Crippen molar-refractivity contribution in [3.63, 3.8) is 0 Å². The zero-order valence-electron chi connectivity index (χ0n) is 22.2. The lowest BCUT2D eigenvalue weighted by Gasteiger charge is -2.13. The highest BCUT2D eigenvalue weighted by atomic mass is 35.5. The van der Waals surface area contributed by atoms with Crippen molar-refractivity contribution in [3.8, 4) is 23.3 Å². The van der Waals surface area contributed by atoms with Gasteiger partial charge in [0.1, 0.15) is 30.6 Å². The SMILES string of the molecule is COc1cc(/C=C(\C#N)C(=O)Nc2ccc(OCc3ccc(Cl)cc3)cc2)cc(Cl)c1OCc1cccc([N+](=O)[O-])c1. The van der Waals surface area contributed by atoms with E-state index in [1.54, 1.807) is 54.6 Å². The molecule has 0 aliphatic rings. The van der Waals surface area contributed by atoms with Crippen LogP contribution in [0, 0.1) is 21.4 Å². The molecular weight excluding hydrogens is 581 g/mol. The van der Waals surface area contributed by atoms with Crippen LogP contribution in [0.2, 0.25) is 10.0 Å². The number of nitro benzene ring substituents is 1. The second-order valence-electron chi connectivity index (χ2n) is 8.81. The molecular formula is C31H23Cl2N3O6. The van der Waals surface area contributed by atoms with E-state index >= 15 is 0 Å². The predicted octanol–water partition coefficient (Wildman–Crippen LogP) is 7.61. The fourth-order valence-corrected chi connectivity index (χ4v) is 4.17. The first-order valence-corrected chi connectivity index (χ1v) is 13.2. The van der Waals surface area contributed by atoms with E-state index in [1.807, 2.05) is 18.2 Å². The third-order valence-corrected chi connectivity index (χ3v) is 6.40. The van der Waals surface area contributed by atoms with E-state index < -0.39 is 10.8 Å². The standard InChI is InChI=1S/C31H23Cl2N3O6/c1-40-29-16-22(15-28(33)30(29)42-19-21-3-2-4-26(14-21)36(38)39)13-23(17-34)31(37)35-25-9-11-27(12-10-25)41-18-20-5-7-24(32)8-6-20/h2-16H,18-19H2,1H3,(H,35,37)/b23-13+. The van der Waals surface area contributed by atoms with Gasteiger partial charge in [-0.3, -0.25) is 14.9 Å². The molecule has 9 nitrogen and oxygen atoms in total. The molecule has 0 spiro atoms. The van der Waals surface area contributed by atoms with E-state index in [0.29, 0.717) is 34.2 Å². The van der Waals surface area contributed by atoms with Gasteiger partial charge in [0.25, 0.3) is 11.6 Å². The Labute approximate surface area is 251 Å². The number of halogens is 2. The van der Waals surface area contributed by atoms with Crippen LogP contribution in [0.15, 0.2) is 90.5 Å². The van der Waals surface area contributed by atoms with Gasteiger partial charge in [0.05, 0.1) is 17.1 Å². The number of non-ortho nitro benzene ring substituents is 1. The Morgan fingerprint density at radius 3 is 2.36 bits per heavy atom. The summed E-state index contributed by atoms with van der Waals surface area (Å²) in [5, 5.41) is 24.2. The molecule has 4 rings (SSSR count). The number of hydrogen-bond acceptors (Lipinski definition) is 7. The van der Waals surface area contributed by atoms with Crippen LogP contribution in [0.3, 0.4) is 0 Å². The average Bonchev–Trinajstić information content (AvgIpc) is 2.99. The number of anilines is 1. The first-order valence-electron chi connectivity index (χ1n) is 12.4. The summed E-state index contributed by atoms with van der Waals surface area (Å²) in [6.45, 7) is 0.360. The van der Waals surface area contributed by atoms with Crippen molar-refractivity contribution in [1.82, 2.24) is 0 Å². The van der Waals surface area contributed by atoms with Crippen molar-refractivity contribution in [1.29, 1.82) is 5.26 Å². The molecule has 0 atom stereocenters. The number of carbonyl (C=O) groups is 1. The van der Waals surface area contributed by atoms with Crippen LogP contribution in [0.5, 0.6) is 17.2 Å². The second-order valence-corrected chi connectivity index (χ2v) is 9.66. The summed E-state index contributed by atoms with van der Waals surface area (Å²) in [4.78, 5) is 23.4. The highest BCUT2D eigenvalue weighted by Gasteiger charge is 2.15. The molecule has 0 saturated carbocycles. The topological polar surface area (TPSA) is 124 Å². The fraction of sp³-hybridized carbons (Fsp3) is 0.0968. The zero-order chi connectivity index (χ0) is 30.1. The number of nitriles is 1. The van der Waals surface area contributed by atoms with Gasteiger partial charge in [-0.2, -0.15) is 5.26 Å². The molecule has 0 aliphatic carbocycles. The third kappa shape index (κ3) is 8.01. The fourth-order valence-electron chi connectivity index (χ4n) is 3.77. The molecule has 0 aromatic heterocycles. The van der Waals surface area contributed by atoms with Gasteiger partial charge in [-0.25, -0.2) is 0 Å². The Morgan fingerprint density at radius 1 is 0.976 bits per heavy atom. The maximum Gasteiger partial charge on any atom is 0.269 e. The molecule has 4 aromatic rings. The van der Waals surface area contributed by atoms with Gasteiger partial charge < -0.3 is 19.5 Å². The van der Waals surface area contributed by atoms with Crippen molar-refractivity contribution >= 4 is 46.6 Å². The van der Waals surface area contributed by atoms with E-state index in [1.165, 1.54) is 31.4 Å². The maximum absolute atomic E-state index is 12.8. The third-order valence-electron chi connectivity index (χ3n) is 5.86. The number of ether oxygens (including phenoxy) is 3. The molecule has 0 unspecified atom stereocenters. The van der Waals surface area contributed by atoms with E-state index in [4.69, 9.17) is 37.4 Å². The van der Waals surface area contributed by atoms with Gasteiger partial charge in [-0.15, -0.1) is 0 Å². The number of nitrogens with one attached hydrogen (secondary N) is 1. The van der Waals surface area contributed by atoms with Crippen LogP contribution >= 0.6 is 23.2 Å². The number of amides is 1. The molecule has 0 radical (unpaired) electrons. The molecule has 0 aliphatic heterocycles. The van der Waals surface area contributed by atoms with Gasteiger partial charge in [0, 0.05) is 22.8 Å². The summed E-state index contributed by atoms with van der Waals surface area (Å²) in [5.41, 5.74) is 2.20. The number of benzene rings is 4. The minimum Gasteiger partial charge on any atom is -0.493 e. The molecule has 0 heterocycles. The Morgan fingerprint density at radius 2 is 1.69 bits per heavy atom. The lowest BCUT2D eigenvalue weighted by Crippen LogP contribution is -2.13. The second kappa shape index (κ2) is 14.0. The number of carbonyl (C=O) groups excluding carboxylic acids is 1. The number of nitro groups is 1. The van der Waals surface area contributed by atoms with Crippen LogP contribution in [-0.4, -0.2) is 17.9 Å². The zero-order valence-corrected chi connectivity index (χ0v) is 23.7. The normalized spacial score (nSPS) is 10.9. The van der Waals surface area contributed by atoms with Gasteiger partial charge in [0.2, 0.25) is 0 Å². The molecule has 1 amide bonds. The van der Waals surface area contributed by atoms with Gasteiger partial charge >= 0.3 is 0 Å². The van der Waals surface area contributed by atoms with Gasteiger partial charge in [0.15, 0.2) is 11.5 Å². The van der Waals surface area contributed by atoms with Crippen LogP contribution in [0.4, 0.5) is 11.4 Å². The van der Waals surface area contributed by atoms with Crippen molar-refractivity contribution in [3.05, 3.63) is 127 Å². The number of hydrogen-bond donors (Lipinski definition) is 1. The van der Waals surface area contributed by atoms with Crippen LogP contribution in [0.25, 0.3) is 6.08 Å². The Balaban J connectivity index is 1.42. The summed E-state index contributed by atoms with van der Waals surface area (Å²) in [6, 6.07) is 25.1. The molecule has 0 fully saturated rings.